The van der Waals surface area contributed by atoms with Crippen molar-refractivity contribution in [1.29, 1.82) is 0 Å². The van der Waals surface area contributed by atoms with Crippen molar-refractivity contribution in [3.63, 3.8) is 0 Å². The molecule has 0 saturated carbocycles. The number of halogens is 2. The summed E-state index contributed by atoms with van der Waals surface area (Å²) in [5.41, 5.74) is 4.09. The van der Waals surface area contributed by atoms with Gasteiger partial charge < -0.3 is 16.6 Å². The average molecular weight is 553 g/mol. The minimum atomic E-state index is -0.454. The molecular weight excluding hydrogens is 532 g/mol. The van der Waals surface area contributed by atoms with Crippen LogP contribution >= 0.6 is 45.9 Å². The fourth-order valence-corrected chi connectivity index (χ4v) is 4.75. The smallest absolute Gasteiger partial charge is 1.00 e. The van der Waals surface area contributed by atoms with Gasteiger partial charge in [0.1, 0.15) is 5.75 Å². The van der Waals surface area contributed by atoms with E-state index >= 15 is 0 Å². The van der Waals surface area contributed by atoms with E-state index in [1.807, 2.05) is 0 Å². The van der Waals surface area contributed by atoms with Gasteiger partial charge in [-0.05, 0) is 36.8 Å². The van der Waals surface area contributed by atoms with Gasteiger partial charge in [0.15, 0.2) is 0 Å². The Labute approximate surface area is 253 Å². The summed E-state index contributed by atoms with van der Waals surface area (Å²) in [7, 11) is 1.55. The van der Waals surface area contributed by atoms with E-state index in [0.29, 0.717) is 49.1 Å². The Hall–Kier alpha value is -0.794. The number of methoxy groups -OCH3 is 1. The normalized spacial score (nSPS) is 11.1. The molecule has 3 N–H and O–H groups in total. The van der Waals surface area contributed by atoms with Crippen LogP contribution in [0.2, 0.25) is 10.0 Å². The number of ether oxygens (including phenoxy) is 1. The van der Waals surface area contributed by atoms with Gasteiger partial charge in [0, 0.05) is 19.0 Å². The molecule has 1 aromatic carbocycles. The van der Waals surface area contributed by atoms with E-state index in [1.165, 1.54) is 11.3 Å². The Morgan fingerprint density at radius 1 is 1.15 bits per heavy atom. The molecule has 0 radical (unpaired) electrons. The molecule has 0 aliphatic rings. The van der Waals surface area contributed by atoms with Gasteiger partial charge in [0.05, 0.1) is 42.6 Å². The predicted molar refractivity (Wildman–Crippen MR) is 131 cm³/mol. The summed E-state index contributed by atoms with van der Waals surface area (Å²) < 4.78 is 4.89. The summed E-state index contributed by atoms with van der Waals surface area (Å²) in [6, 6.07) is 8.23. The third-order valence-corrected chi connectivity index (χ3v) is 7.15. The van der Waals surface area contributed by atoms with Gasteiger partial charge in [0.25, 0.3) is 11.8 Å². The summed E-state index contributed by atoms with van der Waals surface area (Å²) in [6.07, 6.45) is 0. The number of nitrogens with one attached hydrogen (secondary N) is 2. The standard InChI is InChI=1S/C21H19Cl2N3O4S2.K.H/c1-11(13-10-31-19(18(13)27)12-3-4-14(22)15(23)9-12)25-26-21(29)17-6-5-16(32-17)20(28)24-7-8-30-2;;/h3-6,9-10,27H,7-8H2,1-2H3,(H,24,28)(H,26,29);;/q;+1;-1/b25-11-;;. The molecule has 170 valence electrons. The maximum Gasteiger partial charge on any atom is 1.00 e. The van der Waals surface area contributed by atoms with Crippen molar-refractivity contribution in [2.24, 2.45) is 5.10 Å². The first-order valence-electron chi connectivity index (χ1n) is 9.29. The zero-order valence-corrected chi connectivity index (χ0v) is 24.3. The molecule has 0 atom stereocenters. The van der Waals surface area contributed by atoms with Gasteiger partial charge >= 0.3 is 51.4 Å². The monoisotopic (exact) mass is 551 g/mol. The van der Waals surface area contributed by atoms with Crippen LogP contribution in [0, 0.1) is 0 Å². The van der Waals surface area contributed by atoms with Crippen LogP contribution in [-0.2, 0) is 4.74 Å². The van der Waals surface area contributed by atoms with E-state index in [4.69, 9.17) is 27.9 Å². The topological polar surface area (TPSA) is 100 Å². The number of hydrogen-bond donors (Lipinski definition) is 3. The Balaban J connectivity index is 0.00000289. The van der Waals surface area contributed by atoms with Gasteiger partial charge in [-0.25, -0.2) is 5.43 Å². The average Bonchev–Trinajstić information content (AvgIpc) is 3.41. The number of rotatable bonds is 8. The number of thiophene rings is 2. The third-order valence-electron chi connectivity index (χ3n) is 4.31. The second-order valence-electron chi connectivity index (χ2n) is 6.51. The zero-order chi connectivity index (χ0) is 23.3. The number of hydrazone groups is 1. The molecule has 3 aromatic rings. The Morgan fingerprint density at radius 2 is 1.85 bits per heavy atom. The van der Waals surface area contributed by atoms with Crippen LogP contribution in [0.1, 0.15) is 33.3 Å². The zero-order valence-electron chi connectivity index (χ0n) is 19.1. The largest absolute Gasteiger partial charge is 1.00 e. The number of carbonyl (C=O) groups excluding carboxylic acids is 2. The van der Waals surface area contributed by atoms with Gasteiger partial charge in [-0.2, -0.15) is 5.10 Å². The molecule has 0 spiro atoms. The van der Waals surface area contributed by atoms with Crippen molar-refractivity contribution in [2.75, 3.05) is 20.3 Å². The Morgan fingerprint density at radius 3 is 2.52 bits per heavy atom. The molecule has 33 heavy (non-hydrogen) atoms. The van der Waals surface area contributed by atoms with Crippen LogP contribution in [0.4, 0.5) is 0 Å². The third kappa shape index (κ3) is 7.34. The van der Waals surface area contributed by atoms with Crippen LogP contribution in [0.5, 0.6) is 5.75 Å². The SMILES string of the molecule is COCCNC(=O)c1ccc(C(=O)N/N=C(/C)c2csc(-c3ccc(Cl)c(Cl)c3)c2O)s1.[H-].[K+]. The summed E-state index contributed by atoms with van der Waals surface area (Å²) in [5.74, 6) is -0.691. The van der Waals surface area contributed by atoms with Crippen LogP contribution in [0.3, 0.4) is 0 Å². The van der Waals surface area contributed by atoms with Crippen LogP contribution < -0.4 is 62.1 Å². The Bertz CT molecular complexity index is 1190. The predicted octanol–water partition coefficient (Wildman–Crippen LogP) is 2.14. The van der Waals surface area contributed by atoms with Crippen molar-refractivity contribution in [2.45, 2.75) is 6.92 Å². The van der Waals surface area contributed by atoms with E-state index in [-0.39, 0.29) is 64.5 Å². The van der Waals surface area contributed by atoms with Gasteiger partial charge in [-0.3, -0.25) is 9.59 Å². The van der Waals surface area contributed by atoms with Crippen molar-refractivity contribution in [3.8, 4) is 16.2 Å². The van der Waals surface area contributed by atoms with E-state index in [9.17, 15) is 14.7 Å². The van der Waals surface area contributed by atoms with Gasteiger partial charge in [-0.1, -0.05) is 29.3 Å². The fraction of sp³-hybridized carbons (Fsp3) is 0.190. The molecular formula is C21H20Cl2KN3O4S2. The second-order valence-corrected chi connectivity index (χ2v) is 9.28. The number of carbonyl (C=O) groups is 2. The number of nitrogens with zero attached hydrogens (tertiary/aromatic N) is 1. The fourth-order valence-electron chi connectivity index (χ4n) is 2.64. The number of aromatic hydroxyl groups is 1. The van der Waals surface area contributed by atoms with Gasteiger partial charge in [-0.15, -0.1) is 22.7 Å². The molecule has 0 aliphatic heterocycles. The summed E-state index contributed by atoms with van der Waals surface area (Å²) in [4.78, 5) is 25.8. The first-order valence-corrected chi connectivity index (χ1v) is 11.7. The number of hydrogen-bond acceptors (Lipinski definition) is 7. The van der Waals surface area contributed by atoms with Crippen molar-refractivity contribution in [1.82, 2.24) is 10.7 Å². The molecule has 3 rings (SSSR count). The first-order chi connectivity index (χ1) is 15.3. The molecule has 12 heteroatoms. The molecule has 2 amide bonds. The molecule has 0 aliphatic carbocycles. The van der Waals surface area contributed by atoms with Gasteiger partial charge in [0.2, 0.25) is 0 Å². The molecule has 0 bridgehead atoms. The quantitative estimate of drug-likeness (QED) is 0.173. The molecule has 2 aromatic heterocycles. The number of benzene rings is 1. The van der Waals surface area contributed by atoms with Crippen LogP contribution in [0.25, 0.3) is 10.4 Å². The molecule has 2 heterocycles. The van der Waals surface area contributed by atoms with E-state index in [2.05, 4.69) is 15.8 Å². The van der Waals surface area contributed by atoms with Crippen molar-refractivity contribution < 1.29 is 72.2 Å². The number of amides is 2. The minimum absolute atomic E-state index is 0. The maximum atomic E-state index is 12.4. The summed E-state index contributed by atoms with van der Waals surface area (Å²) in [6.45, 7) is 2.46. The second kappa shape index (κ2) is 13.3. The van der Waals surface area contributed by atoms with E-state index in [1.54, 1.807) is 49.7 Å². The van der Waals surface area contributed by atoms with Crippen molar-refractivity contribution in [3.05, 3.63) is 61.1 Å². The maximum absolute atomic E-state index is 12.4. The van der Waals surface area contributed by atoms with Crippen LogP contribution in [0.15, 0.2) is 40.8 Å². The summed E-state index contributed by atoms with van der Waals surface area (Å²) in [5, 5.41) is 20.0. The van der Waals surface area contributed by atoms with E-state index < -0.39 is 5.91 Å². The molecule has 0 saturated heterocycles. The van der Waals surface area contributed by atoms with Crippen molar-refractivity contribution >= 4 is 63.4 Å². The van der Waals surface area contributed by atoms with Crippen LogP contribution in [-0.4, -0.2) is 42.9 Å². The summed E-state index contributed by atoms with van der Waals surface area (Å²) >= 11 is 14.4. The molecule has 0 fully saturated rings. The van der Waals surface area contributed by atoms with E-state index in [0.717, 1.165) is 16.9 Å². The molecule has 7 nitrogen and oxygen atoms in total. The Kier molecular flexibility index (Phi) is 11.5. The molecule has 0 unspecified atom stereocenters. The minimum Gasteiger partial charge on any atom is -1.00 e. The first kappa shape index (κ1) is 28.4.